The van der Waals surface area contributed by atoms with Crippen LogP contribution in [0.15, 0.2) is 41.3 Å². The molecule has 0 unspecified atom stereocenters. The molecule has 0 aromatic heterocycles. The molecule has 1 amide bonds. The number of benzene rings is 2. The topological polar surface area (TPSA) is 84.5 Å². The van der Waals surface area contributed by atoms with Crippen molar-refractivity contribution in [1.29, 1.82) is 0 Å². The molecule has 0 aliphatic carbocycles. The van der Waals surface area contributed by atoms with Gasteiger partial charge in [0, 0.05) is 6.04 Å². The number of carbonyl (C=O) groups is 1. The number of halogens is 2. The zero-order valence-electron chi connectivity index (χ0n) is 15.0. The van der Waals surface area contributed by atoms with Gasteiger partial charge in [0.25, 0.3) is 15.9 Å². The second kappa shape index (κ2) is 8.82. The average molecular weight is 431 g/mol. The Labute approximate surface area is 168 Å². The first-order valence-electron chi connectivity index (χ1n) is 8.16. The van der Waals surface area contributed by atoms with Gasteiger partial charge in [-0.05, 0) is 37.6 Å². The van der Waals surface area contributed by atoms with E-state index < -0.39 is 10.0 Å². The van der Waals surface area contributed by atoms with Crippen LogP contribution in [-0.4, -0.2) is 27.5 Å². The molecule has 2 rings (SSSR count). The number of nitrogens with one attached hydrogen (secondary N) is 2. The number of ether oxygens (including phenoxy) is 1. The van der Waals surface area contributed by atoms with Crippen LogP contribution in [-0.2, 0) is 10.0 Å². The van der Waals surface area contributed by atoms with Crippen molar-refractivity contribution in [1.82, 2.24) is 5.32 Å². The molecule has 0 saturated carbocycles. The highest BCUT2D eigenvalue weighted by Crippen LogP contribution is 2.37. The molecule has 2 aromatic carbocycles. The Hall–Kier alpha value is -1.96. The predicted octanol–water partition coefficient (Wildman–Crippen LogP) is 4.33. The fraction of sp³-hybridized carbons (Fsp3) is 0.278. The number of para-hydroxylation sites is 1. The summed E-state index contributed by atoms with van der Waals surface area (Å²) in [5, 5.41) is 2.64. The molecular formula is C18H20Cl2N2O4S. The number of amides is 1. The Morgan fingerprint density at radius 1 is 1.15 bits per heavy atom. The summed E-state index contributed by atoms with van der Waals surface area (Å²) < 4.78 is 33.0. The van der Waals surface area contributed by atoms with E-state index in [1.165, 1.54) is 31.4 Å². The Morgan fingerprint density at radius 3 is 2.44 bits per heavy atom. The zero-order chi connectivity index (χ0) is 20.2. The second-order valence-electron chi connectivity index (χ2n) is 5.83. The molecular weight excluding hydrogens is 411 g/mol. The number of carbonyl (C=O) groups excluding carboxylic acids is 1. The molecule has 0 aliphatic rings. The number of methoxy groups -OCH3 is 1. The quantitative estimate of drug-likeness (QED) is 0.684. The average Bonchev–Trinajstić information content (AvgIpc) is 2.63. The van der Waals surface area contributed by atoms with E-state index in [9.17, 15) is 13.2 Å². The summed E-state index contributed by atoms with van der Waals surface area (Å²) in [6, 6.07) is 8.97. The molecule has 0 aliphatic heterocycles. The first-order chi connectivity index (χ1) is 12.7. The number of anilines is 1. The van der Waals surface area contributed by atoms with Gasteiger partial charge in [-0.2, -0.15) is 0 Å². The molecule has 1 atom stereocenters. The monoisotopic (exact) mass is 430 g/mol. The Bertz CT molecular complexity index is 948. The van der Waals surface area contributed by atoms with Crippen LogP contribution in [0.4, 0.5) is 5.69 Å². The van der Waals surface area contributed by atoms with Crippen molar-refractivity contribution in [3.63, 3.8) is 0 Å². The highest BCUT2D eigenvalue weighted by atomic mass is 35.5. The molecule has 0 fully saturated rings. The fourth-order valence-electron chi connectivity index (χ4n) is 2.25. The van der Waals surface area contributed by atoms with Gasteiger partial charge < -0.3 is 10.1 Å². The summed E-state index contributed by atoms with van der Waals surface area (Å²) in [6.45, 7) is 3.80. The van der Waals surface area contributed by atoms with Crippen molar-refractivity contribution in [2.24, 2.45) is 0 Å². The summed E-state index contributed by atoms with van der Waals surface area (Å²) in [6.07, 6.45) is 0.750. The number of sulfonamides is 1. The maximum absolute atomic E-state index is 12.8. The van der Waals surface area contributed by atoms with Gasteiger partial charge in [0.15, 0.2) is 0 Å². The Morgan fingerprint density at radius 2 is 1.81 bits per heavy atom. The summed E-state index contributed by atoms with van der Waals surface area (Å²) >= 11 is 12.2. The Kier molecular flexibility index (Phi) is 6.97. The highest BCUT2D eigenvalue weighted by molar-refractivity contribution is 7.92. The fourth-order valence-corrected chi connectivity index (χ4v) is 4.17. The van der Waals surface area contributed by atoms with E-state index >= 15 is 0 Å². The van der Waals surface area contributed by atoms with Crippen LogP contribution in [0.2, 0.25) is 10.0 Å². The minimum atomic E-state index is -4.08. The molecule has 2 N–H and O–H groups in total. The third-order valence-corrected chi connectivity index (χ3v) is 6.31. The second-order valence-corrected chi connectivity index (χ2v) is 8.23. The van der Waals surface area contributed by atoms with E-state index in [2.05, 4.69) is 10.0 Å². The number of hydrogen-bond acceptors (Lipinski definition) is 4. The third kappa shape index (κ3) is 4.86. The standard InChI is InChI=1S/C18H20Cl2N2O4S/c1-4-11(2)21-18(23)12-7-5-6-8-13(12)22-27(24,25)15-10-9-14(26-3)16(19)17(15)20/h5-11,22H,4H2,1-3H3,(H,21,23)/t11-/m0/s1. The molecule has 0 radical (unpaired) electrons. The molecule has 0 heterocycles. The highest BCUT2D eigenvalue weighted by Gasteiger charge is 2.24. The van der Waals surface area contributed by atoms with Crippen molar-refractivity contribution in [2.75, 3.05) is 11.8 Å². The summed E-state index contributed by atoms with van der Waals surface area (Å²) in [5.41, 5.74) is 0.346. The lowest BCUT2D eigenvalue weighted by atomic mass is 10.1. The lowest BCUT2D eigenvalue weighted by Gasteiger charge is -2.16. The number of hydrogen-bond donors (Lipinski definition) is 2. The van der Waals surface area contributed by atoms with Gasteiger partial charge in [-0.1, -0.05) is 42.3 Å². The van der Waals surface area contributed by atoms with Crippen molar-refractivity contribution in [2.45, 2.75) is 31.2 Å². The van der Waals surface area contributed by atoms with Crippen LogP contribution in [0.5, 0.6) is 5.75 Å². The van der Waals surface area contributed by atoms with Gasteiger partial charge in [0.1, 0.15) is 15.7 Å². The molecule has 0 bridgehead atoms. The molecule has 0 saturated heterocycles. The summed E-state index contributed by atoms with van der Waals surface area (Å²) in [4.78, 5) is 12.2. The molecule has 2 aromatic rings. The van der Waals surface area contributed by atoms with E-state index in [-0.39, 0.29) is 43.9 Å². The van der Waals surface area contributed by atoms with Crippen LogP contribution in [0, 0.1) is 0 Å². The zero-order valence-corrected chi connectivity index (χ0v) is 17.4. The van der Waals surface area contributed by atoms with Crippen molar-refractivity contribution in [3.05, 3.63) is 52.0 Å². The van der Waals surface area contributed by atoms with Gasteiger partial charge >= 0.3 is 0 Å². The van der Waals surface area contributed by atoms with Gasteiger partial charge in [0.05, 0.1) is 23.4 Å². The molecule has 0 spiro atoms. The Balaban J connectivity index is 2.40. The first-order valence-corrected chi connectivity index (χ1v) is 10.4. The van der Waals surface area contributed by atoms with Crippen LogP contribution in [0.25, 0.3) is 0 Å². The lowest BCUT2D eigenvalue weighted by molar-refractivity contribution is 0.0940. The van der Waals surface area contributed by atoms with Gasteiger partial charge in [-0.3, -0.25) is 9.52 Å². The molecule has 9 heteroatoms. The summed E-state index contributed by atoms with van der Waals surface area (Å²) in [7, 11) is -2.68. The van der Waals surface area contributed by atoms with E-state index in [1.54, 1.807) is 12.1 Å². The van der Waals surface area contributed by atoms with Crippen molar-refractivity contribution >= 4 is 44.8 Å². The SMILES string of the molecule is CC[C@H](C)NC(=O)c1ccccc1NS(=O)(=O)c1ccc(OC)c(Cl)c1Cl. The van der Waals surface area contributed by atoms with Gasteiger partial charge in [-0.25, -0.2) is 8.42 Å². The largest absolute Gasteiger partial charge is 0.495 e. The van der Waals surface area contributed by atoms with Gasteiger partial charge in [0.2, 0.25) is 0 Å². The van der Waals surface area contributed by atoms with E-state index in [0.717, 1.165) is 6.42 Å². The number of rotatable bonds is 7. The van der Waals surface area contributed by atoms with Crippen LogP contribution in [0.1, 0.15) is 30.6 Å². The normalized spacial score (nSPS) is 12.3. The summed E-state index contributed by atoms with van der Waals surface area (Å²) in [5.74, 6) is -0.115. The third-order valence-electron chi connectivity index (χ3n) is 3.93. The van der Waals surface area contributed by atoms with E-state index in [0.29, 0.717) is 0 Å². The van der Waals surface area contributed by atoms with Crippen molar-refractivity contribution < 1.29 is 17.9 Å². The van der Waals surface area contributed by atoms with Crippen LogP contribution >= 0.6 is 23.2 Å². The van der Waals surface area contributed by atoms with Crippen LogP contribution < -0.4 is 14.8 Å². The first kappa shape index (κ1) is 21.3. The smallest absolute Gasteiger partial charge is 0.263 e. The van der Waals surface area contributed by atoms with E-state index in [1.807, 2.05) is 13.8 Å². The predicted molar refractivity (Wildman–Crippen MR) is 107 cm³/mol. The maximum atomic E-state index is 12.8. The maximum Gasteiger partial charge on any atom is 0.263 e. The van der Waals surface area contributed by atoms with Crippen molar-refractivity contribution in [3.8, 4) is 5.75 Å². The van der Waals surface area contributed by atoms with Crippen LogP contribution in [0.3, 0.4) is 0 Å². The molecule has 146 valence electrons. The van der Waals surface area contributed by atoms with E-state index in [4.69, 9.17) is 27.9 Å². The molecule has 27 heavy (non-hydrogen) atoms. The van der Waals surface area contributed by atoms with Gasteiger partial charge in [-0.15, -0.1) is 0 Å². The molecule has 6 nitrogen and oxygen atoms in total. The minimum absolute atomic E-state index is 0.00941. The minimum Gasteiger partial charge on any atom is -0.495 e. The lowest BCUT2D eigenvalue weighted by Crippen LogP contribution is -2.32.